The van der Waals surface area contributed by atoms with Crippen LogP contribution in [0.5, 0.6) is 5.75 Å². The monoisotopic (exact) mass is 543 g/mol. The Bertz CT molecular complexity index is 1220. The summed E-state index contributed by atoms with van der Waals surface area (Å²) in [5.74, 6) is 0.381. The molecule has 0 aliphatic heterocycles. The average molecular weight is 544 g/mol. The summed E-state index contributed by atoms with van der Waals surface area (Å²) in [6, 6.07) is 11.8. The van der Waals surface area contributed by atoms with Crippen LogP contribution in [0.25, 0.3) is 10.2 Å². The Morgan fingerprint density at radius 3 is 2.65 bits per heavy atom. The lowest BCUT2D eigenvalue weighted by molar-refractivity contribution is -0.134. The van der Waals surface area contributed by atoms with E-state index in [9.17, 15) is 14.7 Å². The van der Waals surface area contributed by atoms with E-state index in [0.29, 0.717) is 24.5 Å². The maximum atomic E-state index is 13.2. The minimum absolute atomic E-state index is 0.122. The van der Waals surface area contributed by atoms with Crippen LogP contribution in [0.3, 0.4) is 0 Å². The summed E-state index contributed by atoms with van der Waals surface area (Å²) in [6.45, 7) is 2.30. The summed E-state index contributed by atoms with van der Waals surface area (Å²) in [4.78, 5) is 29.7. The summed E-state index contributed by atoms with van der Waals surface area (Å²) in [5.41, 5.74) is 2.77. The predicted molar refractivity (Wildman–Crippen MR) is 153 cm³/mol. The van der Waals surface area contributed by atoms with Gasteiger partial charge in [0.1, 0.15) is 11.3 Å². The number of carbonyl (C=O) groups excluding carboxylic acids is 1. The van der Waals surface area contributed by atoms with E-state index < -0.39 is 0 Å². The SMILES string of the molecule is O=C(CCNCCc1ccccc1Cl)N(CCCCCc1ccc(O)c2[nH]c(=O)sc12)C1CCCCC1. The molecule has 0 bridgehead atoms. The lowest BCUT2D eigenvalue weighted by Crippen LogP contribution is -2.43. The number of nitrogens with one attached hydrogen (secondary N) is 2. The zero-order chi connectivity index (χ0) is 26.0. The molecule has 4 rings (SSSR count). The van der Waals surface area contributed by atoms with Crippen LogP contribution >= 0.6 is 22.9 Å². The molecule has 0 atom stereocenters. The molecular weight excluding hydrogens is 506 g/mol. The van der Waals surface area contributed by atoms with E-state index in [2.05, 4.69) is 15.2 Å². The van der Waals surface area contributed by atoms with Gasteiger partial charge in [-0.05, 0) is 68.3 Å². The van der Waals surface area contributed by atoms with Gasteiger partial charge >= 0.3 is 4.87 Å². The quantitative estimate of drug-likeness (QED) is 0.229. The second kappa shape index (κ2) is 14.0. The molecule has 1 fully saturated rings. The Hall–Kier alpha value is -2.35. The number of hydrogen-bond acceptors (Lipinski definition) is 5. The predicted octanol–water partition coefficient (Wildman–Crippen LogP) is 6.05. The molecule has 2 aromatic carbocycles. The molecule has 1 aliphatic rings. The maximum absolute atomic E-state index is 13.2. The van der Waals surface area contributed by atoms with E-state index >= 15 is 0 Å². The number of H-pyrrole nitrogens is 1. The fourth-order valence-corrected chi connectivity index (χ4v) is 6.46. The van der Waals surface area contributed by atoms with Gasteiger partial charge < -0.3 is 20.3 Å². The van der Waals surface area contributed by atoms with Gasteiger partial charge in [0.15, 0.2) is 0 Å². The standard InChI is InChI=1S/C29H38ClN3O3S/c30-24-13-7-6-9-21(24)16-18-31-19-17-26(35)33(23-11-4-1-5-12-23)20-8-2-3-10-22-14-15-25(34)27-28(22)37-29(36)32-27/h6-7,9,13-15,23,31,34H,1-5,8,10-12,16-20H2,(H,32,36). The van der Waals surface area contributed by atoms with Crippen LogP contribution in [0.4, 0.5) is 0 Å². The van der Waals surface area contributed by atoms with Crippen LogP contribution in [0.1, 0.15) is 68.9 Å². The first kappa shape index (κ1) is 27.7. The summed E-state index contributed by atoms with van der Waals surface area (Å²) in [7, 11) is 0. The van der Waals surface area contributed by atoms with Gasteiger partial charge in [0.25, 0.3) is 0 Å². The normalized spacial score (nSPS) is 14.3. The van der Waals surface area contributed by atoms with E-state index in [1.165, 1.54) is 19.3 Å². The van der Waals surface area contributed by atoms with Gasteiger partial charge in [0.05, 0.1) is 4.70 Å². The number of nitrogens with zero attached hydrogens (tertiary/aromatic N) is 1. The summed E-state index contributed by atoms with van der Waals surface area (Å²) < 4.78 is 0.853. The largest absolute Gasteiger partial charge is 0.506 e. The van der Waals surface area contributed by atoms with Gasteiger partial charge in [0, 0.05) is 30.6 Å². The van der Waals surface area contributed by atoms with E-state index in [-0.39, 0.29) is 16.5 Å². The third-order valence-corrected chi connectivity index (χ3v) is 8.69. The molecule has 6 nitrogen and oxygen atoms in total. The first-order chi connectivity index (χ1) is 18.0. The van der Waals surface area contributed by atoms with E-state index in [4.69, 9.17) is 11.6 Å². The third kappa shape index (κ3) is 7.82. The number of benzene rings is 2. The van der Waals surface area contributed by atoms with Crippen molar-refractivity contribution in [2.24, 2.45) is 0 Å². The minimum atomic E-state index is -0.141. The highest BCUT2D eigenvalue weighted by atomic mass is 35.5. The first-order valence-electron chi connectivity index (χ1n) is 13.6. The van der Waals surface area contributed by atoms with Crippen LogP contribution in [-0.2, 0) is 17.6 Å². The number of amides is 1. The van der Waals surface area contributed by atoms with Gasteiger partial charge in [-0.3, -0.25) is 9.59 Å². The van der Waals surface area contributed by atoms with Crippen LogP contribution in [-0.4, -0.2) is 46.6 Å². The Morgan fingerprint density at radius 2 is 1.84 bits per heavy atom. The number of phenols is 1. The van der Waals surface area contributed by atoms with Crippen molar-refractivity contribution in [3.8, 4) is 5.75 Å². The number of aromatic nitrogens is 1. The Kier molecular flexibility index (Phi) is 10.5. The lowest BCUT2D eigenvalue weighted by Gasteiger charge is -2.34. The molecular formula is C29H38ClN3O3S. The van der Waals surface area contributed by atoms with Crippen LogP contribution in [0.15, 0.2) is 41.2 Å². The Labute approximate surface area is 228 Å². The number of unbranched alkanes of at least 4 members (excludes halogenated alkanes) is 2. The topological polar surface area (TPSA) is 85.4 Å². The Balaban J connectivity index is 1.22. The van der Waals surface area contributed by atoms with Gasteiger partial charge in [-0.2, -0.15) is 0 Å². The number of phenolic OH excluding ortho intramolecular Hbond substituents is 1. The number of halogens is 1. The molecule has 8 heteroatoms. The van der Waals surface area contributed by atoms with Gasteiger partial charge in [-0.1, -0.05) is 72.9 Å². The third-order valence-electron chi connectivity index (χ3n) is 7.36. The maximum Gasteiger partial charge on any atom is 0.305 e. The number of rotatable bonds is 13. The fourth-order valence-electron chi connectivity index (χ4n) is 5.34. The van der Waals surface area contributed by atoms with Crippen molar-refractivity contribution in [2.75, 3.05) is 19.6 Å². The highest BCUT2D eigenvalue weighted by molar-refractivity contribution is 7.16. The molecule has 1 aromatic heterocycles. The molecule has 3 aromatic rings. The number of hydrogen-bond donors (Lipinski definition) is 3. The van der Waals surface area contributed by atoms with Crippen molar-refractivity contribution in [1.29, 1.82) is 0 Å². The van der Waals surface area contributed by atoms with Crippen molar-refractivity contribution in [3.05, 3.63) is 62.2 Å². The number of thiazole rings is 1. The van der Waals surface area contributed by atoms with E-state index in [1.807, 2.05) is 30.3 Å². The molecule has 1 aliphatic carbocycles. The molecule has 0 unspecified atom stereocenters. The second-order valence-corrected chi connectivity index (χ2v) is 11.4. The number of aromatic amines is 1. The first-order valence-corrected chi connectivity index (χ1v) is 14.8. The fraction of sp³-hybridized carbons (Fsp3) is 0.517. The van der Waals surface area contributed by atoms with Crippen molar-refractivity contribution >= 4 is 39.1 Å². The minimum Gasteiger partial charge on any atom is -0.506 e. The summed E-state index contributed by atoms with van der Waals surface area (Å²) >= 11 is 7.40. The van der Waals surface area contributed by atoms with E-state index in [0.717, 1.165) is 90.2 Å². The number of fused-ring (bicyclic) bond motifs is 1. The highest BCUT2D eigenvalue weighted by Crippen LogP contribution is 2.29. The van der Waals surface area contributed by atoms with Crippen molar-refractivity contribution in [2.45, 2.75) is 76.7 Å². The second-order valence-electron chi connectivity index (χ2n) is 9.99. The summed E-state index contributed by atoms with van der Waals surface area (Å²) in [5, 5.41) is 14.2. The molecule has 0 saturated heterocycles. The molecule has 1 heterocycles. The molecule has 200 valence electrons. The number of carbonyl (C=O) groups is 1. The van der Waals surface area contributed by atoms with Gasteiger partial charge in [0.2, 0.25) is 5.91 Å². The van der Waals surface area contributed by atoms with Crippen LogP contribution in [0.2, 0.25) is 5.02 Å². The average Bonchev–Trinajstić information content (AvgIpc) is 3.31. The molecule has 0 spiro atoms. The van der Waals surface area contributed by atoms with Crippen LogP contribution < -0.4 is 10.2 Å². The highest BCUT2D eigenvalue weighted by Gasteiger charge is 2.24. The van der Waals surface area contributed by atoms with Crippen LogP contribution in [0, 0.1) is 0 Å². The van der Waals surface area contributed by atoms with Crippen molar-refractivity contribution in [3.63, 3.8) is 0 Å². The van der Waals surface area contributed by atoms with Gasteiger partial charge in [-0.15, -0.1) is 0 Å². The molecule has 1 saturated carbocycles. The van der Waals surface area contributed by atoms with E-state index in [1.54, 1.807) is 6.07 Å². The van der Waals surface area contributed by atoms with Crippen molar-refractivity contribution < 1.29 is 9.90 Å². The molecule has 1 amide bonds. The number of aromatic hydroxyl groups is 1. The smallest absolute Gasteiger partial charge is 0.305 e. The molecule has 37 heavy (non-hydrogen) atoms. The summed E-state index contributed by atoms with van der Waals surface area (Å²) in [6.07, 6.45) is 11.1. The lowest BCUT2D eigenvalue weighted by atomic mass is 9.93. The zero-order valence-electron chi connectivity index (χ0n) is 21.4. The molecule has 0 radical (unpaired) electrons. The zero-order valence-corrected chi connectivity index (χ0v) is 23.0. The number of aryl methyl sites for hydroxylation is 1. The Morgan fingerprint density at radius 1 is 1.03 bits per heavy atom. The van der Waals surface area contributed by atoms with Gasteiger partial charge in [-0.25, -0.2) is 0 Å². The molecule has 3 N–H and O–H groups in total. The van der Waals surface area contributed by atoms with Crippen molar-refractivity contribution in [1.82, 2.24) is 15.2 Å².